The lowest BCUT2D eigenvalue weighted by Gasteiger charge is -2.31. The molecule has 3 nitrogen and oxygen atoms in total. The predicted molar refractivity (Wildman–Crippen MR) is 73.8 cm³/mol. The number of carbonyl (C=O) groups excluding carboxylic acids is 1. The highest BCUT2D eigenvalue weighted by Gasteiger charge is 2.26. The molecule has 1 atom stereocenters. The Labute approximate surface area is 113 Å². The molecule has 1 aromatic heterocycles. The fourth-order valence-corrected chi connectivity index (χ4v) is 3.13. The van der Waals surface area contributed by atoms with E-state index in [9.17, 15) is 4.79 Å². The van der Waals surface area contributed by atoms with Gasteiger partial charge in [0.2, 0.25) is 0 Å². The zero-order chi connectivity index (χ0) is 12.8. The van der Waals surface area contributed by atoms with Gasteiger partial charge in [0.05, 0.1) is 12.5 Å². The van der Waals surface area contributed by atoms with Gasteiger partial charge in [-0.3, -0.25) is 4.79 Å². The van der Waals surface area contributed by atoms with Crippen LogP contribution in [0.15, 0.2) is 17.5 Å². The van der Waals surface area contributed by atoms with E-state index >= 15 is 0 Å². The third-order valence-electron chi connectivity index (χ3n) is 3.38. The van der Waals surface area contributed by atoms with Crippen molar-refractivity contribution < 1.29 is 9.53 Å². The zero-order valence-electron chi connectivity index (χ0n) is 10.9. The van der Waals surface area contributed by atoms with Gasteiger partial charge in [-0.25, -0.2) is 0 Å². The van der Waals surface area contributed by atoms with Crippen molar-refractivity contribution in [1.29, 1.82) is 0 Å². The Morgan fingerprint density at radius 3 is 3.22 bits per heavy atom. The maximum absolute atomic E-state index is 11.7. The van der Waals surface area contributed by atoms with Crippen LogP contribution >= 0.6 is 11.3 Å². The monoisotopic (exact) mass is 267 g/mol. The molecule has 0 radical (unpaired) electrons. The molecule has 0 saturated carbocycles. The number of rotatable bonds is 5. The van der Waals surface area contributed by atoms with E-state index in [0.717, 1.165) is 38.9 Å². The first-order chi connectivity index (χ1) is 8.79. The van der Waals surface area contributed by atoms with Crippen LogP contribution in [-0.2, 0) is 16.0 Å². The second-order valence-corrected chi connectivity index (χ2v) is 5.75. The summed E-state index contributed by atoms with van der Waals surface area (Å²) in [5, 5.41) is 2.12. The Bertz CT molecular complexity index is 364. The molecule has 0 aliphatic carbocycles. The van der Waals surface area contributed by atoms with Gasteiger partial charge >= 0.3 is 5.97 Å². The van der Waals surface area contributed by atoms with Crippen LogP contribution in [0.5, 0.6) is 0 Å². The number of hydrogen-bond acceptors (Lipinski definition) is 4. The van der Waals surface area contributed by atoms with E-state index in [1.54, 1.807) is 0 Å². The summed E-state index contributed by atoms with van der Waals surface area (Å²) >= 11 is 1.81. The van der Waals surface area contributed by atoms with E-state index in [1.165, 1.54) is 4.88 Å². The van der Waals surface area contributed by atoms with Crippen molar-refractivity contribution in [2.24, 2.45) is 5.92 Å². The van der Waals surface area contributed by atoms with Crippen molar-refractivity contribution in [3.8, 4) is 0 Å². The first-order valence-corrected chi connectivity index (χ1v) is 7.59. The van der Waals surface area contributed by atoms with Crippen LogP contribution in [-0.4, -0.2) is 37.1 Å². The summed E-state index contributed by atoms with van der Waals surface area (Å²) in [6.45, 7) is 5.39. The number of ether oxygens (including phenoxy) is 1. The van der Waals surface area contributed by atoms with E-state index in [4.69, 9.17) is 4.74 Å². The van der Waals surface area contributed by atoms with Gasteiger partial charge in [-0.15, -0.1) is 11.3 Å². The largest absolute Gasteiger partial charge is 0.466 e. The van der Waals surface area contributed by atoms with Crippen LogP contribution in [0.4, 0.5) is 0 Å². The van der Waals surface area contributed by atoms with E-state index in [0.29, 0.717) is 6.61 Å². The second-order valence-electron chi connectivity index (χ2n) is 4.72. The number of thiophene rings is 1. The van der Waals surface area contributed by atoms with Gasteiger partial charge in [-0.2, -0.15) is 0 Å². The first-order valence-electron chi connectivity index (χ1n) is 6.71. The normalized spacial score (nSPS) is 20.8. The maximum atomic E-state index is 11.7. The standard InChI is InChI=1S/C14H21NO2S/c1-2-17-14(16)12-5-3-8-15(11-12)9-7-13-6-4-10-18-13/h4,6,10,12H,2-3,5,7-9,11H2,1H3/t12-/m0/s1. The molecule has 2 rings (SSSR count). The van der Waals surface area contributed by atoms with E-state index < -0.39 is 0 Å². The van der Waals surface area contributed by atoms with Crippen LogP contribution in [0, 0.1) is 5.92 Å². The Morgan fingerprint density at radius 1 is 1.61 bits per heavy atom. The van der Waals surface area contributed by atoms with Crippen LogP contribution in [0.25, 0.3) is 0 Å². The molecule has 0 aromatic carbocycles. The molecule has 0 unspecified atom stereocenters. The molecule has 0 N–H and O–H groups in total. The summed E-state index contributed by atoms with van der Waals surface area (Å²) in [7, 11) is 0. The molecule has 4 heteroatoms. The third-order valence-corrected chi connectivity index (χ3v) is 4.32. The minimum Gasteiger partial charge on any atom is -0.466 e. The van der Waals surface area contributed by atoms with Gasteiger partial charge < -0.3 is 9.64 Å². The van der Waals surface area contributed by atoms with Gasteiger partial charge in [-0.05, 0) is 44.2 Å². The summed E-state index contributed by atoms with van der Waals surface area (Å²) < 4.78 is 5.12. The smallest absolute Gasteiger partial charge is 0.310 e. The quantitative estimate of drug-likeness (QED) is 0.768. The van der Waals surface area contributed by atoms with Crippen molar-refractivity contribution >= 4 is 17.3 Å². The molecule has 0 amide bonds. The van der Waals surface area contributed by atoms with E-state index in [-0.39, 0.29) is 11.9 Å². The lowest BCUT2D eigenvalue weighted by atomic mass is 9.98. The average Bonchev–Trinajstić information content (AvgIpc) is 2.90. The molecule has 2 heterocycles. The van der Waals surface area contributed by atoms with Gasteiger partial charge in [0.25, 0.3) is 0 Å². The highest BCUT2D eigenvalue weighted by atomic mass is 32.1. The molecule has 1 aromatic rings. The number of hydrogen-bond donors (Lipinski definition) is 0. The van der Waals surface area contributed by atoms with Crippen molar-refractivity contribution in [3.05, 3.63) is 22.4 Å². The number of esters is 1. The number of likely N-dealkylation sites (tertiary alicyclic amines) is 1. The molecule has 18 heavy (non-hydrogen) atoms. The molecule has 0 spiro atoms. The van der Waals surface area contributed by atoms with Crippen molar-refractivity contribution in [2.45, 2.75) is 26.2 Å². The van der Waals surface area contributed by atoms with E-state index in [2.05, 4.69) is 22.4 Å². The fraction of sp³-hybridized carbons (Fsp3) is 0.643. The van der Waals surface area contributed by atoms with E-state index in [1.807, 2.05) is 18.3 Å². The number of nitrogens with zero attached hydrogens (tertiary/aromatic N) is 1. The van der Waals surface area contributed by atoms with Crippen LogP contribution in [0.1, 0.15) is 24.6 Å². The average molecular weight is 267 g/mol. The zero-order valence-corrected chi connectivity index (χ0v) is 11.7. The molecule has 1 aliphatic heterocycles. The van der Waals surface area contributed by atoms with Gasteiger partial charge in [0, 0.05) is 18.0 Å². The summed E-state index contributed by atoms with van der Waals surface area (Å²) in [4.78, 5) is 15.5. The first kappa shape index (κ1) is 13.6. The Hall–Kier alpha value is -0.870. The molecule has 1 saturated heterocycles. The second kappa shape index (κ2) is 6.90. The number of piperidine rings is 1. The molecule has 1 fully saturated rings. The third kappa shape index (κ3) is 3.82. The number of carbonyl (C=O) groups is 1. The van der Waals surface area contributed by atoms with Gasteiger partial charge in [-0.1, -0.05) is 6.07 Å². The molecule has 1 aliphatic rings. The van der Waals surface area contributed by atoms with Crippen molar-refractivity contribution in [2.75, 3.05) is 26.2 Å². The van der Waals surface area contributed by atoms with Crippen molar-refractivity contribution in [1.82, 2.24) is 4.90 Å². The predicted octanol–water partition coefficient (Wildman–Crippen LogP) is 2.57. The molecule has 100 valence electrons. The lowest BCUT2D eigenvalue weighted by molar-refractivity contribution is -0.149. The lowest BCUT2D eigenvalue weighted by Crippen LogP contribution is -2.40. The SMILES string of the molecule is CCOC(=O)[C@H]1CCCN(CCc2cccs2)C1. The highest BCUT2D eigenvalue weighted by molar-refractivity contribution is 7.09. The van der Waals surface area contributed by atoms with Crippen LogP contribution in [0.3, 0.4) is 0 Å². The molecular formula is C14H21NO2S. The van der Waals surface area contributed by atoms with Crippen LogP contribution in [0.2, 0.25) is 0 Å². The highest BCUT2D eigenvalue weighted by Crippen LogP contribution is 2.19. The van der Waals surface area contributed by atoms with Crippen LogP contribution < -0.4 is 0 Å². The molecular weight excluding hydrogens is 246 g/mol. The van der Waals surface area contributed by atoms with Gasteiger partial charge in [0.1, 0.15) is 0 Å². The minimum atomic E-state index is -0.0154. The minimum absolute atomic E-state index is 0.0154. The fourth-order valence-electron chi connectivity index (χ4n) is 2.43. The summed E-state index contributed by atoms with van der Waals surface area (Å²) in [5.41, 5.74) is 0. The molecule has 0 bridgehead atoms. The maximum Gasteiger partial charge on any atom is 0.310 e. The Morgan fingerprint density at radius 2 is 2.50 bits per heavy atom. The summed E-state index contributed by atoms with van der Waals surface area (Å²) in [5.74, 6) is 0.0698. The topological polar surface area (TPSA) is 29.5 Å². The van der Waals surface area contributed by atoms with Crippen molar-refractivity contribution in [3.63, 3.8) is 0 Å². The van der Waals surface area contributed by atoms with Gasteiger partial charge in [0.15, 0.2) is 0 Å². The Kier molecular flexibility index (Phi) is 5.20. The Balaban J connectivity index is 1.77. The summed E-state index contributed by atoms with van der Waals surface area (Å²) in [6.07, 6.45) is 3.18. The summed E-state index contributed by atoms with van der Waals surface area (Å²) in [6, 6.07) is 4.27.